The van der Waals surface area contributed by atoms with Crippen LogP contribution in [0.1, 0.15) is 24.2 Å². The zero-order valence-electron chi connectivity index (χ0n) is 8.09. The van der Waals surface area contributed by atoms with Crippen molar-refractivity contribution >= 4 is 28.6 Å². The first-order valence-electron chi connectivity index (χ1n) is 4.99. The first-order valence-corrected chi connectivity index (χ1v) is 5.37. The monoisotopic (exact) mass is 223 g/mol. The summed E-state index contributed by atoms with van der Waals surface area (Å²) in [7, 11) is 0. The SMILES string of the molecule is Nc1nc(Cl)c2oc3c(c2n1)CCCC3. The number of hydrogen-bond donors (Lipinski definition) is 1. The molecule has 0 spiro atoms. The van der Waals surface area contributed by atoms with Gasteiger partial charge in [-0.25, -0.2) is 4.98 Å². The second-order valence-corrected chi connectivity index (χ2v) is 4.12. The molecule has 0 fully saturated rings. The summed E-state index contributed by atoms with van der Waals surface area (Å²) >= 11 is 5.96. The van der Waals surface area contributed by atoms with Crippen LogP contribution in [0.5, 0.6) is 0 Å². The number of furan rings is 1. The number of aromatic nitrogens is 2. The van der Waals surface area contributed by atoms with E-state index in [9.17, 15) is 0 Å². The fraction of sp³-hybridized carbons (Fsp3) is 0.400. The smallest absolute Gasteiger partial charge is 0.222 e. The summed E-state index contributed by atoms with van der Waals surface area (Å²) in [4.78, 5) is 8.08. The van der Waals surface area contributed by atoms with E-state index in [1.54, 1.807) is 0 Å². The topological polar surface area (TPSA) is 64.9 Å². The molecule has 0 bridgehead atoms. The molecule has 2 aromatic rings. The van der Waals surface area contributed by atoms with Gasteiger partial charge in [-0.05, 0) is 19.3 Å². The Morgan fingerprint density at radius 3 is 2.87 bits per heavy atom. The normalized spacial score (nSPS) is 15.5. The van der Waals surface area contributed by atoms with Crippen LogP contribution in [0.15, 0.2) is 4.42 Å². The lowest BCUT2D eigenvalue weighted by atomic mass is 9.98. The summed E-state index contributed by atoms with van der Waals surface area (Å²) in [5, 5.41) is 0.312. The lowest BCUT2D eigenvalue weighted by molar-refractivity contribution is 0.505. The van der Waals surface area contributed by atoms with Gasteiger partial charge in [0.05, 0.1) is 0 Å². The van der Waals surface area contributed by atoms with E-state index >= 15 is 0 Å². The highest BCUT2D eigenvalue weighted by atomic mass is 35.5. The van der Waals surface area contributed by atoms with Crippen molar-refractivity contribution in [1.82, 2.24) is 9.97 Å². The molecule has 2 heterocycles. The molecule has 0 saturated carbocycles. The zero-order chi connectivity index (χ0) is 10.4. The van der Waals surface area contributed by atoms with Crippen molar-refractivity contribution in [3.8, 4) is 0 Å². The number of anilines is 1. The number of nitrogens with two attached hydrogens (primary N) is 1. The van der Waals surface area contributed by atoms with Crippen molar-refractivity contribution in [2.45, 2.75) is 25.7 Å². The lowest BCUT2D eigenvalue weighted by Gasteiger charge is -2.07. The van der Waals surface area contributed by atoms with E-state index in [1.807, 2.05) is 0 Å². The fourth-order valence-corrected chi connectivity index (χ4v) is 2.31. The standard InChI is InChI=1S/C10H10ClN3O/c11-9-8-7(13-10(12)14-9)5-3-1-2-4-6(5)15-8/h1-4H2,(H2,12,13,14). The quantitative estimate of drug-likeness (QED) is 0.697. The molecule has 2 aromatic heterocycles. The molecular formula is C10H10ClN3O. The van der Waals surface area contributed by atoms with Crippen LogP contribution in [0.3, 0.4) is 0 Å². The van der Waals surface area contributed by atoms with Crippen molar-refractivity contribution in [2.24, 2.45) is 0 Å². The van der Waals surface area contributed by atoms with Crippen LogP contribution in [0.25, 0.3) is 11.1 Å². The molecular weight excluding hydrogens is 214 g/mol. The molecule has 5 heteroatoms. The van der Waals surface area contributed by atoms with E-state index in [4.69, 9.17) is 21.8 Å². The molecule has 78 valence electrons. The van der Waals surface area contributed by atoms with Crippen molar-refractivity contribution in [1.29, 1.82) is 0 Å². The zero-order valence-corrected chi connectivity index (χ0v) is 8.84. The summed E-state index contributed by atoms with van der Waals surface area (Å²) < 4.78 is 5.66. The van der Waals surface area contributed by atoms with Crippen LogP contribution in [0.4, 0.5) is 5.95 Å². The van der Waals surface area contributed by atoms with E-state index in [0.29, 0.717) is 10.7 Å². The molecule has 0 saturated heterocycles. The third-order valence-electron chi connectivity index (χ3n) is 2.77. The van der Waals surface area contributed by atoms with E-state index < -0.39 is 0 Å². The van der Waals surface area contributed by atoms with Crippen molar-refractivity contribution in [3.05, 3.63) is 16.5 Å². The van der Waals surface area contributed by atoms with Crippen molar-refractivity contribution in [2.75, 3.05) is 5.73 Å². The van der Waals surface area contributed by atoms with Gasteiger partial charge in [-0.3, -0.25) is 0 Å². The van der Waals surface area contributed by atoms with Gasteiger partial charge in [-0.1, -0.05) is 11.6 Å². The average Bonchev–Trinajstić information content (AvgIpc) is 2.57. The van der Waals surface area contributed by atoms with Crippen LogP contribution in [0.2, 0.25) is 5.15 Å². The van der Waals surface area contributed by atoms with Gasteiger partial charge in [0.1, 0.15) is 11.3 Å². The van der Waals surface area contributed by atoms with Crippen LogP contribution in [-0.2, 0) is 12.8 Å². The summed E-state index contributed by atoms with van der Waals surface area (Å²) in [5.74, 6) is 1.21. The number of nitrogen functional groups attached to an aromatic ring is 1. The predicted molar refractivity (Wildman–Crippen MR) is 57.9 cm³/mol. The minimum Gasteiger partial charge on any atom is -0.456 e. The Hall–Kier alpha value is -1.29. The van der Waals surface area contributed by atoms with Crippen LogP contribution in [-0.4, -0.2) is 9.97 Å². The third-order valence-corrected chi connectivity index (χ3v) is 3.03. The lowest BCUT2D eigenvalue weighted by Crippen LogP contribution is -2.00. The summed E-state index contributed by atoms with van der Waals surface area (Å²) in [6.45, 7) is 0. The van der Waals surface area contributed by atoms with Gasteiger partial charge >= 0.3 is 0 Å². The van der Waals surface area contributed by atoms with Gasteiger partial charge in [0.2, 0.25) is 5.95 Å². The molecule has 4 nitrogen and oxygen atoms in total. The molecule has 1 aliphatic carbocycles. The first kappa shape index (κ1) is 8.97. The second-order valence-electron chi connectivity index (χ2n) is 3.76. The Morgan fingerprint density at radius 2 is 2.00 bits per heavy atom. The molecule has 0 atom stereocenters. The van der Waals surface area contributed by atoms with Crippen molar-refractivity contribution < 1.29 is 4.42 Å². The Balaban J connectivity index is 2.37. The maximum absolute atomic E-state index is 5.96. The highest BCUT2D eigenvalue weighted by Gasteiger charge is 2.21. The molecule has 0 unspecified atom stereocenters. The van der Waals surface area contributed by atoms with Crippen LogP contribution >= 0.6 is 11.6 Å². The van der Waals surface area contributed by atoms with Gasteiger partial charge < -0.3 is 10.2 Å². The molecule has 3 rings (SSSR count). The maximum atomic E-state index is 5.96. The predicted octanol–water partition coefficient (Wildman–Crippen LogP) is 2.34. The number of halogens is 1. The molecule has 15 heavy (non-hydrogen) atoms. The molecule has 0 amide bonds. The molecule has 2 N–H and O–H groups in total. The molecule has 0 radical (unpaired) electrons. The highest BCUT2D eigenvalue weighted by molar-refractivity contribution is 6.33. The van der Waals surface area contributed by atoms with Crippen molar-refractivity contribution in [3.63, 3.8) is 0 Å². The van der Waals surface area contributed by atoms with Gasteiger partial charge in [0.15, 0.2) is 10.7 Å². The number of rotatable bonds is 0. The van der Waals surface area contributed by atoms with E-state index in [-0.39, 0.29) is 5.95 Å². The second kappa shape index (κ2) is 3.10. The molecule has 1 aliphatic rings. The number of aryl methyl sites for hydroxylation is 2. The summed E-state index contributed by atoms with van der Waals surface area (Å²) in [5.41, 5.74) is 8.10. The Morgan fingerprint density at radius 1 is 1.20 bits per heavy atom. The summed E-state index contributed by atoms with van der Waals surface area (Å²) in [6, 6.07) is 0. The summed E-state index contributed by atoms with van der Waals surface area (Å²) in [6.07, 6.45) is 4.29. The minimum atomic E-state index is 0.210. The Kier molecular flexibility index (Phi) is 1.85. The third kappa shape index (κ3) is 1.28. The van der Waals surface area contributed by atoms with E-state index in [2.05, 4.69) is 9.97 Å². The fourth-order valence-electron chi connectivity index (χ4n) is 2.10. The Labute approximate surface area is 91.4 Å². The first-order chi connectivity index (χ1) is 7.25. The molecule has 0 aromatic carbocycles. The van der Waals surface area contributed by atoms with Gasteiger partial charge in [-0.15, -0.1) is 0 Å². The number of fused-ring (bicyclic) bond motifs is 3. The van der Waals surface area contributed by atoms with E-state index in [0.717, 1.165) is 36.1 Å². The molecule has 0 aliphatic heterocycles. The maximum Gasteiger partial charge on any atom is 0.222 e. The van der Waals surface area contributed by atoms with Crippen LogP contribution < -0.4 is 5.73 Å². The van der Waals surface area contributed by atoms with Gasteiger partial charge in [0.25, 0.3) is 0 Å². The largest absolute Gasteiger partial charge is 0.456 e. The average molecular weight is 224 g/mol. The number of hydrogen-bond acceptors (Lipinski definition) is 4. The van der Waals surface area contributed by atoms with Gasteiger partial charge in [0, 0.05) is 12.0 Å². The number of nitrogens with zero attached hydrogens (tertiary/aromatic N) is 2. The Bertz CT molecular complexity index is 535. The highest BCUT2D eigenvalue weighted by Crippen LogP contribution is 2.33. The van der Waals surface area contributed by atoms with Gasteiger partial charge in [-0.2, -0.15) is 4.98 Å². The minimum absolute atomic E-state index is 0.210. The van der Waals surface area contributed by atoms with Crippen LogP contribution in [0, 0.1) is 0 Å². The van der Waals surface area contributed by atoms with E-state index in [1.165, 1.54) is 6.42 Å².